The summed E-state index contributed by atoms with van der Waals surface area (Å²) in [4.78, 5) is 24.9. The van der Waals surface area contributed by atoms with Crippen molar-refractivity contribution < 1.29 is 19.6 Å². The van der Waals surface area contributed by atoms with Gasteiger partial charge in [-0.05, 0) is 13.0 Å². The second kappa shape index (κ2) is 6.11. The smallest absolute Gasteiger partial charge is 0.351 e. The van der Waals surface area contributed by atoms with E-state index in [-0.39, 0.29) is 18.8 Å². The van der Waals surface area contributed by atoms with Crippen molar-refractivity contribution in [3.63, 3.8) is 0 Å². The number of aliphatic hydroxyl groups excluding tert-OH is 1. The first-order chi connectivity index (χ1) is 9.11. The molecule has 1 fully saturated rings. The van der Waals surface area contributed by atoms with Crippen LogP contribution in [0.2, 0.25) is 0 Å². The third kappa shape index (κ3) is 3.29. The Morgan fingerprint density at radius 2 is 2.42 bits per heavy atom. The van der Waals surface area contributed by atoms with Gasteiger partial charge in [-0.1, -0.05) is 0 Å². The summed E-state index contributed by atoms with van der Waals surface area (Å²) < 4.78 is 6.85. The number of anilines is 1. The Balaban J connectivity index is 2.01. The van der Waals surface area contributed by atoms with E-state index in [1.54, 1.807) is 6.92 Å². The van der Waals surface area contributed by atoms with Gasteiger partial charge in [0.05, 0.1) is 12.7 Å². The number of nitrogen functional groups attached to an aromatic ring is 1. The largest absolute Gasteiger partial charge is 0.390 e. The first kappa shape index (κ1) is 13.9. The lowest BCUT2D eigenvalue weighted by molar-refractivity contribution is -0.306. The van der Waals surface area contributed by atoms with Crippen LogP contribution in [-0.4, -0.2) is 40.1 Å². The van der Waals surface area contributed by atoms with Gasteiger partial charge in [0.15, 0.2) is 0 Å². The molecular weight excluding hydrogens is 254 g/mol. The lowest BCUT2D eigenvalue weighted by Crippen LogP contribution is -2.28. The van der Waals surface area contributed by atoms with Crippen molar-refractivity contribution in [1.82, 2.24) is 9.55 Å². The number of rotatable bonds is 5. The summed E-state index contributed by atoms with van der Waals surface area (Å²) in [6.07, 6.45) is -0.0683. The highest BCUT2D eigenvalue weighted by Gasteiger charge is 2.35. The number of aromatic nitrogens is 2. The van der Waals surface area contributed by atoms with Crippen molar-refractivity contribution in [2.45, 2.75) is 31.8 Å². The molecule has 0 unspecified atom stereocenters. The Kier molecular flexibility index (Phi) is 4.48. The number of ether oxygens (including phenoxy) is 1. The average molecular weight is 271 g/mol. The summed E-state index contributed by atoms with van der Waals surface area (Å²) in [6.45, 7) is 2.30. The summed E-state index contributed by atoms with van der Waals surface area (Å²) in [6, 6.07) is 1.50. The molecule has 1 aliphatic rings. The molecule has 0 bridgehead atoms. The number of nitrogens with zero attached hydrogens (tertiary/aromatic N) is 2. The summed E-state index contributed by atoms with van der Waals surface area (Å²) in [5.41, 5.74) is 4.90. The van der Waals surface area contributed by atoms with Gasteiger partial charge in [-0.3, -0.25) is 4.57 Å². The van der Waals surface area contributed by atoms with Crippen LogP contribution in [0.1, 0.15) is 19.6 Å². The van der Waals surface area contributed by atoms with Crippen LogP contribution in [0.15, 0.2) is 17.1 Å². The van der Waals surface area contributed by atoms with Gasteiger partial charge in [0.2, 0.25) is 0 Å². The van der Waals surface area contributed by atoms with Crippen molar-refractivity contribution in [2.75, 3.05) is 18.9 Å². The van der Waals surface area contributed by atoms with E-state index >= 15 is 0 Å². The minimum absolute atomic E-state index is 0.0999. The van der Waals surface area contributed by atoms with Crippen LogP contribution in [0.5, 0.6) is 0 Å². The minimum Gasteiger partial charge on any atom is -0.390 e. The Bertz CT molecular complexity index is 478. The topological polar surface area (TPSA) is 109 Å². The van der Waals surface area contributed by atoms with E-state index in [1.807, 2.05) is 0 Å². The number of hydrogen-bond acceptors (Lipinski definition) is 7. The predicted octanol–water partition coefficient (Wildman–Crippen LogP) is -0.558. The average Bonchev–Trinajstić information content (AvgIpc) is 2.71. The van der Waals surface area contributed by atoms with Crippen molar-refractivity contribution >= 4 is 5.82 Å². The number of aliphatic hydroxyl groups is 1. The normalized spacial score (nSPS) is 26.7. The van der Waals surface area contributed by atoms with Gasteiger partial charge in [0.25, 0.3) is 0 Å². The van der Waals surface area contributed by atoms with Crippen LogP contribution in [0.3, 0.4) is 0 Å². The van der Waals surface area contributed by atoms with Crippen LogP contribution in [0, 0.1) is 0 Å². The Morgan fingerprint density at radius 3 is 3.11 bits per heavy atom. The van der Waals surface area contributed by atoms with Crippen molar-refractivity contribution in [1.29, 1.82) is 0 Å². The number of nitrogens with two attached hydrogens (primary N) is 1. The standard InChI is InChI=1S/C11H17N3O5/c1-2-17-18-6-8-7(15)5-10(19-8)14-4-3-9(12)13-11(14)16/h3-4,7-8,10,15H,2,5-6H2,1H3,(H2,12,13,16)/t7-,8+,10+/m0/s1. The molecule has 1 saturated heterocycles. The summed E-state index contributed by atoms with van der Waals surface area (Å²) in [5.74, 6) is 0.149. The van der Waals surface area contributed by atoms with E-state index < -0.39 is 24.1 Å². The fourth-order valence-corrected chi connectivity index (χ4v) is 1.88. The molecule has 0 aromatic carbocycles. The van der Waals surface area contributed by atoms with Crippen LogP contribution in [0.4, 0.5) is 5.82 Å². The fraction of sp³-hybridized carbons (Fsp3) is 0.636. The molecule has 3 atom stereocenters. The highest BCUT2D eigenvalue weighted by molar-refractivity contribution is 5.23. The van der Waals surface area contributed by atoms with Crippen LogP contribution in [0.25, 0.3) is 0 Å². The summed E-state index contributed by atoms with van der Waals surface area (Å²) in [7, 11) is 0. The van der Waals surface area contributed by atoms with Crippen LogP contribution < -0.4 is 11.4 Å². The molecule has 8 heteroatoms. The zero-order chi connectivity index (χ0) is 13.8. The molecule has 1 aromatic rings. The molecule has 3 N–H and O–H groups in total. The molecule has 0 saturated carbocycles. The highest BCUT2D eigenvalue weighted by Crippen LogP contribution is 2.27. The first-order valence-electron chi connectivity index (χ1n) is 6.04. The highest BCUT2D eigenvalue weighted by atomic mass is 17.2. The molecule has 2 heterocycles. The second-order valence-electron chi connectivity index (χ2n) is 4.17. The monoisotopic (exact) mass is 271 g/mol. The fourth-order valence-electron chi connectivity index (χ4n) is 1.88. The second-order valence-corrected chi connectivity index (χ2v) is 4.17. The lowest BCUT2D eigenvalue weighted by Gasteiger charge is -2.15. The van der Waals surface area contributed by atoms with E-state index in [0.29, 0.717) is 6.61 Å². The SMILES string of the molecule is CCOOC[C@H]1O[C@@H](n2ccc(N)nc2=O)C[C@@H]1O. The molecule has 1 aromatic heterocycles. The zero-order valence-corrected chi connectivity index (χ0v) is 10.6. The van der Waals surface area contributed by atoms with Crippen LogP contribution in [-0.2, 0) is 14.5 Å². The molecule has 0 radical (unpaired) electrons. The Labute approximate surface area is 109 Å². The quantitative estimate of drug-likeness (QED) is 0.420. The van der Waals surface area contributed by atoms with Gasteiger partial charge in [-0.2, -0.15) is 4.98 Å². The van der Waals surface area contributed by atoms with Crippen molar-refractivity contribution in [2.24, 2.45) is 0 Å². The molecule has 19 heavy (non-hydrogen) atoms. The van der Waals surface area contributed by atoms with E-state index in [2.05, 4.69) is 4.98 Å². The molecule has 1 aliphatic heterocycles. The van der Waals surface area contributed by atoms with Gasteiger partial charge < -0.3 is 15.6 Å². The minimum atomic E-state index is -0.727. The molecule has 0 amide bonds. The third-order valence-corrected chi connectivity index (χ3v) is 2.80. The van der Waals surface area contributed by atoms with Gasteiger partial charge in [0, 0.05) is 12.6 Å². The van der Waals surface area contributed by atoms with Gasteiger partial charge in [-0.15, -0.1) is 0 Å². The lowest BCUT2D eigenvalue weighted by atomic mass is 10.2. The number of hydrogen-bond donors (Lipinski definition) is 2. The summed E-state index contributed by atoms with van der Waals surface area (Å²) in [5, 5.41) is 9.84. The van der Waals surface area contributed by atoms with Gasteiger partial charge in [0.1, 0.15) is 24.8 Å². The molecule has 8 nitrogen and oxygen atoms in total. The third-order valence-electron chi connectivity index (χ3n) is 2.80. The van der Waals surface area contributed by atoms with Crippen molar-refractivity contribution in [3.05, 3.63) is 22.7 Å². The Hall–Kier alpha value is -1.48. The maximum absolute atomic E-state index is 11.7. The van der Waals surface area contributed by atoms with E-state index in [4.69, 9.17) is 20.2 Å². The molecule has 2 rings (SSSR count). The van der Waals surface area contributed by atoms with Gasteiger partial charge in [-0.25, -0.2) is 14.6 Å². The maximum Gasteiger partial charge on any atom is 0.351 e. The van der Waals surface area contributed by atoms with E-state index in [9.17, 15) is 9.90 Å². The first-order valence-corrected chi connectivity index (χ1v) is 6.04. The molecular formula is C11H17N3O5. The van der Waals surface area contributed by atoms with E-state index in [0.717, 1.165) is 0 Å². The van der Waals surface area contributed by atoms with Crippen molar-refractivity contribution in [3.8, 4) is 0 Å². The van der Waals surface area contributed by atoms with Crippen LogP contribution >= 0.6 is 0 Å². The Morgan fingerprint density at radius 1 is 1.63 bits per heavy atom. The maximum atomic E-state index is 11.7. The molecule has 106 valence electrons. The molecule has 0 spiro atoms. The van der Waals surface area contributed by atoms with Gasteiger partial charge >= 0.3 is 5.69 Å². The zero-order valence-electron chi connectivity index (χ0n) is 10.6. The predicted molar refractivity (Wildman–Crippen MR) is 65.0 cm³/mol. The van der Waals surface area contributed by atoms with E-state index in [1.165, 1.54) is 16.8 Å². The summed E-state index contributed by atoms with van der Waals surface area (Å²) >= 11 is 0. The molecule has 0 aliphatic carbocycles.